The van der Waals surface area contributed by atoms with Gasteiger partial charge in [-0.1, -0.05) is 11.6 Å². The average Bonchev–Trinajstić information content (AvgIpc) is 2.60. The Morgan fingerprint density at radius 1 is 1.58 bits per heavy atom. The van der Waals surface area contributed by atoms with Crippen molar-refractivity contribution < 1.29 is 19.4 Å². The SMILES string of the molecule is CC(C)(C)OC(=O)N[C@@H](CC(=O)O)c1cnc(Cl)s1. The predicted octanol–water partition coefficient (Wildman–Crippen LogP) is 2.84. The van der Waals surface area contributed by atoms with Gasteiger partial charge in [-0.3, -0.25) is 4.79 Å². The van der Waals surface area contributed by atoms with Crippen molar-refractivity contribution in [1.82, 2.24) is 10.3 Å². The summed E-state index contributed by atoms with van der Waals surface area (Å²) in [6, 6.07) is -0.711. The second kappa shape index (κ2) is 6.21. The molecule has 19 heavy (non-hydrogen) atoms. The minimum Gasteiger partial charge on any atom is -0.481 e. The highest BCUT2D eigenvalue weighted by atomic mass is 35.5. The average molecular weight is 307 g/mol. The summed E-state index contributed by atoms with van der Waals surface area (Å²) >= 11 is 6.82. The summed E-state index contributed by atoms with van der Waals surface area (Å²) in [5.41, 5.74) is -0.650. The molecule has 2 N–H and O–H groups in total. The molecule has 6 nitrogen and oxygen atoms in total. The van der Waals surface area contributed by atoms with Crippen molar-refractivity contribution in [2.75, 3.05) is 0 Å². The van der Waals surface area contributed by atoms with E-state index < -0.39 is 23.7 Å². The summed E-state index contributed by atoms with van der Waals surface area (Å²) in [5, 5.41) is 11.4. The van der Waals surface area contributed by atoms with Gasteiger partial charge in [0.25, 0.3) is 0 Å². The van der Waals surface area contributed by atoms with Crippen LogP contribution in [0.4, 0.5) is 4.79 Å². The Morgan fingerprint density at radius 3 is 2.63 bits per heavy atom. The van der Waals surface area contributed by atoms with Gasteiger partial charge in [-0.15, -0.1) is 11.3 Å². The zero-order chi connectivity index (χ0) is 14.6. The molecule has 0 aliphatic heterocycles. The van der Waals surface area contributed by atoms with E-state index in [9.17, 15) is 9.59 Å². The van der Waals surface area contributed by atoms with Gasteiger partial charge in [0.2, 0.25) is 0 Å². The minimum atomic E-state index is -1.04. The fraction of sp³-hybridized carbons (Fsp3) is 0.545. The van der Waals surface area contributed by atoms with Crippen LogP contribution < -0.4 is 5.32 Å². The topological polar surface area (TPSA) is 88.5 Å². The maximum Gasteiger partial charge on any atom is 0.408 e. The van der Waals surface area contributed by atoms with Crippen molar-refractivity contribution in [1.29, 1.82) is 0 Å². The number of alkyl carbamates (subject to hydrolysis) is 1. The first-order valence-electron chi connectivity index (χ1n) is 5.50. The Labute approximate surface area is 119 Å². The molecule has 8 heteroatoms. The molecule has 1 heterocycles. The van der Waals surface area contributed by atoms with Crippen LogP contribution in [0.1, 0.15) is 38.1 Å². The number of amides is 1. The van der Waals surface area contributed by atoms with Crippen molar-refractivity contribution in [2.24, 2.45) is 0 Å². The molecule has 1 aromatic rings. The predicted molar refractivity (Wildman–Crippen MR) is 71.5 cm³/mol. The fourth-order valence-electron chi connectivity index (χ4n) is 1.27. The molecule has 0 saturated carbocycles. The monoisotopic (exact) mass is 306 g/mol. The van der Waals surface area contributed by atoms with Crippen molar-refractivity contribution >= 4 is 35.0 Å². The highest BCUT2D eigenvalue weighted by Gasteiger charge is 2.23. The summed E-state index contributed by atoms with van der Waals surface area (Å²) < 4.78 is 5.37. The number of thiazole rings is 1. The van der Waals surface area contributed by atoms with Gasteiger partial charge in [0.15, 0.2) is 4.47 Å². The third-order valence-electron chi connectivity index (χ3n) is 1.91. The smallest absolute Gasteiger partial charge is 0.408 e. The number of nitrogens with one attached hydrogen (secondary N) is 1. The van der Waals surface area contributed by atoms with Crippen LogP contribution in [-0.2, 0) is 9.53 Å². The van der Waals surface area contributed by atoms with Crippen LogP contribution >= 0.6 is 22.9 Å². The number of nitrogens with zero attached hydrogens (tertiary/aromatic N) is 1. The van der Waals surface area contributed by atoms with Crippen LogP contribution in [0.3, 0.4) is 0 Å². The van der Waals surface area contributed by atoms with Crippen LogP contribution in [0.25, 0.3) is 0 Å². The molecule has 0 aliphatic carbocycles. The summed E-state index contributed by atoms with van der Waals surface area (Å²) in [4.78, 5) is 26.9. The molecule has 1 atom stereocenters. The molecule has 0 aromatic carbocycles. The highest BCUT2D eigenvalue weighted by Crippen LogP contribution is 2.26. The lowest BCUT2D eigenvalue weighted by molar-refractivity contribution is -0.137. The number of carboxylic acid groups (broad SMARTS) is 1. The first-order valence-corrected chi connectivity index (χ1v) is 6.69. The molecule has 0 fully saturated rings. The van der Waals surface area contributed by atoms with E-state index in [2.05, 4.69) is 10.3 Å². The van der Waals surface area contributed by atoms with Crippen LogP contribution in [0.5, 0.6) is 0 Å². The fourth-order valence-corrected chi connectivity index (χ4v) is 2.28. The van der Waals surface area contributed by atoms with E-state index in [-0.39, 0.29) is 10.9 Å². The Morgan fingerprint density at radius 2 is 2.21 bits per heavy atom. The molecule has 0 radical (unpaired) electrons. The summed E-state index contributed by atoms with van der Waals surface area (Å²) in [6.07, 6.45) is 0.499. The van der Waals surface area contributed by atoms with Gasteiger partial charge in [0, 0.05) is 11.1 Å². The van der Waals surface area contributed by atoms with E-state index in [1.165, 1.54) is 6.20 Å². The Bertz CT molecular complexity index is 470. The molecule has 1 amide bonds. The van der Waals surface area contributed by atoms with Crippen LogP contribution in [-0.4, -0.2) is 27.8 Å². The second-order valence-electron chi connectivity index (χ2n) is 4.81. The molecular formula is C11H15ClN2O4S. The molecule has 0 bridgehead atoms. The summed E-state index contributed by atoms with van der Waals surface area (Å²) in [5.74, 6) is -1.04. The van der Waals surface area contributed by atoms with Crippen molar-refractivity contribution in [3.05, 3.63) is 15.5 Å². The van der Waals surface area contributed by atoms with Crippen LogP contribution in [0.15, 0.2) is 6.20 Å². The molecule has 0 spiro atoms. The lowest BCUT2D eigenvalue weighted by Crippen LogP contribution is -2.35. The number of carbonyl (C=O) groups excluding carboxylic acids is 1. The van der Waals surface area contributed by atoms with Crippen molar-refractivity contribution in [2.45, 2.75) is 38.8 Å². The molecule has 0 unspecified atom stereocenters. The summed E-state index contributed by atoms with van der Waals surface area (Å²) in [6.45, 7) is 5.17. The van der Waals surface area contributed by atoms with E-state index in [4.69, 9.17) is 21.4 Å². The number of halogens is 1. The van der Waals surface area contributed by atoms with Crippen LogP contribution in [0.2, 0.25) is 4.47 Å². The van der Waals surface area contributed by atoms with Crippen LogP contribution in [0, 0.1) is 0 Å². The Kier molecular flexibility index (Phi) is 5.13. The first kappa shape index (κ1) is 15.7. The first-order chi connectivity index (χ1) is 8.67. The lowest BCUT2D eigenvalue weighted by Gasteiger charge is -2.22. The molecule has 106 valence electrons. The van der Waals surface area contributed by atoms with Gasteiger partial charge in [-0.05, 0) is 20.8 Å². The van der Waals surface area contributed by atoms with Gasteiger partial charge in [0.05, 0.1) is 12.5 Å². The highest BCUT2D eigenvalue weighted by molar-refractivity contribution is 7.15. The molecule has 0 saturated heterocycles. The van der Waals surface area contributed by atoms with E-state index >= 15 is 0 Å². The van der Waals surface area contributed by atoms with Gasteiger partial charge in [-0.2, -0.15) is 0 Å². The number of aliphatic carboxylic acids is 1. The van der Waals surface area contributed by atoms with Gasteiger partial charge in [0.1, 0.15) is 5.60 Å². The van der Waals surface area contributed by atoms with Gasteiger partial charge < -0.3 is 15.2 Å². The third-order valence-corrected chi connectivity index (χ3v) is 3.14. The molecule has 1 aromatic heterocycles. The van der Waals surface area contributed by atoms with Crippen molar-refractivity contribution in [3.63, 3.8) is 0 Å². The van der Waals surface area contributed by atoms with E-state index in [0.717, 1.165) is 11.3 Å². The number of aromatic nitrogens is 1. The maximum atomic E-state index is 11.7. The van der Waals surface area contributed by atoms with Gasteiger partial charge >= 0.3 is 12.1 Å². The van der Waals surface area contributed by atoms with E-state index in [0.29, 0.717) is 4.88 Å². The number of rotatable bonds is 4. The zero-order valence-corrected chi connectivity index (χ0v) is 12.3. The maximum absolute atomic E-state index is 11.7. The lowest BCUT2D eigenvalue weighted by atomic mass is 10.2. The van der Waals surface area contributed by atoms with E-state index in [1.807, 2.05) is 0 Å². The quantitative estimate of drug-likeness (QED) is 0.893. The Hall–Kier alpha value is -1.34. The van der Waals surface area contributed by atoms with Crippen molar-refractivity contribution in [3.8, 4) is 0 Å². The number of hydrogen-bond acceptors (Lipinski definition) is 5. The third kappa shape index (κ3) is 5.89. The van der Waals surface area contributed by atoms with Gasteiger partial charge in [-0.25, -0.2) is 9.78 Å². The molecule has 0 aliphatic rings. The summed E-state index contributed by atoms with van der Waals surface area (Å²) in [7, 11) is 0. The number of carbonyl (C=O) groups is 2. The number of hydrogen-bond donors (Lipinski definition) is 2. The second-order valence-corrected chi connectivity index (χ2v) is 6.46. The molecular weight excluding hydrogens is 292 g/mol. The molecule has 1 rings (SSSR count). The van der Waals surface area contributed by atoms with E-state index in [1.54, 1.807) is 20.8 Å². The normalized spacial score (nSPS) is 12.8. The standard InChI is InChI=1S/C11H15ClN2O4S/c1-11(2,3)18-10(17)14-6(4-8(15)16)7-5-13-9(12)19-7/h5-6H,4H2,1-3H3,(H,14,17)(H,15,16)/t6-/m0/s1. The largest absolute Gasteiger partial charge is 0.481 e. The number of carboxylic acids is 1. The Balaban J connectivity index is 2.76. The minimum absolute atomic E-state index is 0.266. The zero-order valence-electron chi connectivity index (χ0n) is 10.8. The number of ether oxygens (including phenoxy) is 1.